The van der Waals surface area contributed by atoms with E-state index >= 15 is 0 Å². The molecule has 1 unspecified atom stereocenters. The third kappa shape index (κ3) is 3.52. The van der Waals surface area contributed by atoms with Gasteiger partial charge in [0.1, 0.15) is 5.82 Å². The van der Waals surface area contributed by atoms with Gasteiger partial charge >= 0.3 is 0 Å². The molecule has 0 spiro atoms. The van der Waals surface area contributed by atoms with Gasteiger partial charge in [-0.3, -0.25) is 4.90 Å². The van der Waals surface area contributed by atoms with Crippen molar-refractivity contribution in [1.82, 2.24) is 9.88 Å². The smallest absolute Gasteiger partial charge is 0.125 e. The van der Waals surface area contributed by atoms with E-state index in [9.17, 15) is 0 Å². The first-order chi connectivity index (χ1) is 7.67. The molecule has 16 heavy (non-hydrogen) atoms. The van der Waals surface area contributed by atoms with E-state index in [-0.39, 0.29) is 6.04 Å². The second-order valence-electron chi connectivity index (χ2n) is 3.93. The summed E-state index contributed by atoms with van der Waals surface area (Å²) in [6.45, 7) is 2.87. The molecule has 0 aromatic carbocycles. The lowest BCUT2D eigenvalue weighted by Crippen LogP contribution is -2.28. The van der Waals surface area contributed by atoms with Crippen LogP contribution in [0.15, 0.2) is 18.3 Å². The Kier molecular flexibility index (Phi) is 4.74. The van der Waals surface area contributed by atoms with E-state index in [1.54, 1.807) is 0 Å². The van der Waals surface area contributed by atoms with Crippen molar-refractivity contribution in [3.05, 3.63) is 23.9 Å². The molecule has 86 valence electrons. The molecule has 1 heterocycles. The predicted molar refractivity (Wildman–Crippen MR) is 64.9 cm³/mol. The van der Waals surface area contributed by atoms with Crippen LogP contribution in [0.1, 0.15) is 18.9 Å². The summed E-state index contributed by atoms with van der Waals surface area (Å²) in [7, 11) is 3.87. The quantitative estimate of drug-likeness (QED) is 0.819. The zero-order valence-electron chi connectivity index (χ0n) is 10.1. The fourth-order valence-electron chi connectivity index (χ4n) is 1.40. The van der Waals surface area contributed by atoms with Gasteiger partial charge in [0.25, 0.3) is 0 Å². The van der Waals surface area contributed by atoms with E-state index in [0.717, 1.165) is 17.9 Å². The molecule has 0 aliphatic carbocycles. The third-order valence-corrected chi connectivity index (χ3v) is 2.65. The van der Waals surface area contributed by atoms with Crippen molar-refractivity contribution >= 4 is 5.82 Å². The molecule has 4 heteroatoms. The normalized spacial score (nSPS) is 12.2. The number of nitrogens with one attached hydrogen (secondary N) is 1. The fourth-order valence-corrected chi connectivity index (χ4v) is 1.40. The van der Waals surface area contributed by atoms with Gasteiger partial charge in [0.15, 0.2) is 0 Å². The Morgan fingerprint density at radius 2 is 2.31 bits per heavy atom. The molecule has 0 aliphatic heterocycles. The monoisotopic (exact) mass is 218 g/mol. The zero-order chi connectivity index (χ0) is 12.0. The molecule has 0 fully saturated rings. The van der Waals surface area contributed by atoms with Crippen molar-refractivity contribution in [3.63, 3.8) is 0 Å². The lowest BCUT2D eigenvalue weighted by atomic mass is 10.2. The molecule has 4 nitrogen and oxygen atoms in total. The summed E-state index contributed by atoms with van der Waals surface area (Å²) in [5.74, 6) is 0.872. The number of hydrogen-bond donors (Lipinski definition) is 1. The van der Waals surface area contributed by atoms with E-state index in [1.165, 1.54) is 0 Å². The Morgan fingerprint density at radius 1 is 1.56 bits per heavy atom. The first-order valence-electron chi connectivity index (χ1n) is 5.37. The molecule has 1 aromatic rings. The first kappa shape index (κ1) is 12.5. The van der Waals surface area contributed by atoms with Gasteiger partial charge in [-0.05, 0) is 25.6 Å². The molecule has 0 amide bonds. The van der Waals surface area contributed by atoms with Gasteiger partial charge in [-0.2, -0.15) is 5.26 Å². The summed E-state index contributed by atoms with van der Waals surface area (Å²) >= 11 is 0. The molecule has 1 atom stereocenters. The minimum absolute atomic E-state index is 0.272. The van der Waals surface area contributed by atoms with Crippen LogP contribution in [0.4, 0.5) is 5.82 Å². The molecule has 0 saturated heterocycles. The minimum Gasteiger partial charge on any atom is -0.373 e. The van der Waals surface area contributed by atoms with Gasteiger partial charge in [-0.25, -0.2) is 4.98 Å². The number of anilines is 1. The van der Waals surface area contributed by atoms with Crippen LogP contribution in [-0.2, 0) is 6.54 Å². The highest BCUT2D eigenvalue weighted by Crippen LogP contribution is 2.09. The number of hydrogen-bond acceptors (Lipinski definition) is 4. The van der Waals surface area contributed by atoms with Crippen molar-refractivity contribution in [2.75, 3.05) is 19.4 Å². The molecular weight excluding hydrogens is 200 g/mol. The maximum atomic E-state index is 8.62. The summed E-state index contributed by atoms with van der Waals surface area (Å²) in [5, 5.41) is 11.6. The Hall–Kier alpha value is -1.60. The summed E-state index contributed by atoms with van der Waals surface area (Å²) in [5.41, 5.74) is 1.16. The van der Waals surface area contributed by atoms with E-state index in [4.69, 9.17) is 5.26 Å². The van der Waals surface area contributed by atoms with E-state index in [2.05, 4.69) is 34.3 Å². The summed E-state index contributed by atoms with van der Waals surface area (Å²) in [6.07, 6.45) is 2.42. The highest BCUT2D eigenvalue weighted by atomic mass is 15.1. The lowest BCUT2D eigenvalue weighted by molar-refractivity contribution is 0.252. The topological polar surface area (TPSA) is 52.0 Å². The van der Waals surface area contributed by atoms with E-state index in [0.29, 0.717) is 6.42 Å². The highest BCUT2D eigenvalue weighted by molar-refractivity contribution is 5.34. The molecule has 1 aromatic heterocycles. The maximum Gasteiger partial charge on any atom is 0.125 e. The molecule has 1 rings (SSSR count). The average molecular weight is 218 g/mol. The largest absolute Gasteiger partial charge is 0.373 e. The van der Waals surface area contributed by atoms with Crippen LogP contribution >= 0.6 is 0 Å². The molecule has 0 bridgehead atoms. The number of aromatic nitrogens is 1. The predicted octanol–water partition coefficient (Wildman–Crippen LogP) is 1.86. The highest BCUT2D eigenvalue weighted by Gasteiger charge is 2.08. The molecule has 1 N–H and O–H groups in total. The SMILES string of the molecule is CNc1ccc(CN(C)C(C)CC#N)cn1. The minimum atomic E-state index is 0.272. The van der Waals surface area contributed by atoms with Crippen LogP contribution in [0.25, 0.3) is 0 Å². The van der Waals surface area contributed by atoms with Crippen molar-refractivity contribution in [2.24, 2.45) is 0 Å². The van der Waals surface area contributed by atoms with Gasteiger partial charge < -0.3 is 5.32 Å². The Balaban J connectivity index is 2.56. The zero-order valence-corrected chi connectivity index (χ0v) is 10.1. The first-order valence-corrected chi connectivity index (χ1v) is 5.37. The summed E-state index contributed by atoms with van der Waals surface area (Å²) in [6, 6.07) is 6.46. The van der Waals surface area contributed by atoms with E-state index in [1.807, 2.05) is 26.4 Å². The Morgan fingerprint density at radius 3 is 2.81 bits per heavy atom. The van der Waals surface area contributed by atoms with Gasteiger partial charge in [0, 0.05) is 25.8 Å². The van der Waals surface area contributed by atoms with Crippen LogP contribution < -0.4 is 5.32 Å². The van der Waals surface area contributed by atoms with Crippen molar-refractivity contribution in [3.8, 4) is 6.07 Å². The van der Waals surface area contributed by atoms with Crippen LogP contribution in [0.2, 0.25) is 0 Å². The maximum absolute atomic E-state index is 8.62. The Bertz CT molecular complexity index is 352. The van der Waals surface area contributed by atoms with Crippen LogP contribution in [0, 0.1) is 11.3 Å². The van der Waals surface area contributed by atoms with Gasteiger partial charge in [0.2, 0.25) is 0 Å². The Labute approximate surface area is 96.9 Å². The third-order valence-electron chi connectivity index (χ3n) is 2.65. The van der Waals surface area contributed by atoms with Crippen LogP contribution in [0.5, 0.6) is 0 Å². The molecule has 0 saturated carbocycles. The number of nitrogens with zero attached hydrogens (tertiary/aromatic N) is 3. The average Bonchev–Trinajstić information content (AvgIpc) is 2.30. The van der Waals surface area contributed by atoms with Crippen LogP contribution in [0.3, 0.4) is 0 Å². The molecule has 0 aliphatic rings. The fraction of sp³-hybridized carbons (Fsp3) is 0.500. The summed E-state index contributed by atoms with van der Waals surface area (Å²) < 4.78 is 0. The molecule has 0 radical (unpaired) electrons. The number of nitriles is 1. The number of pyridine rings is 1. The second kappa shape index (κ2) is 6.09. The number of rotatable bonds is 5. The van der Waals surface area contributed by atoms with Crippen molar-refractivity contribution in [1.29, 1.82) is 5.26 Å². The lowest BCUT2D eigenvalue weighted by Gasteiger charge is -2.22. The molecular formula is C12H18N4. The standard InChI is InChI=1S/C12H18N4/c1-10(6-7-13)16(3)9-11-4-5-12(14-2)15-8-11/h4-5,8,10H,6,9H2,1-3H3,(H,14,15). The van der Waals surface area contributed by atoms with Crippen molar-refractivity contribution in [2.45, 2.75) is 25.9 Å². The van der Waals surface area contributed by atoms with Crippen molar-refractivity contribution < 1.29 is 0 Å². The van der Waals surface area contributed by atoms with E-state index < -0.39 is 0 Å². The summed E-state index contributed by atoms with van der Waals surface area (Å²) in [4.78, 5) is 6.40. The van der Waals surface area contributed by atoms with Gasteiger partial charge in [-0.15, -0.1) is 0 Å². The van der Waals surface area contributed by atoms with Crippen LogP contribution in [-0.4, -0.2) is 30.0 Å². The van der Waals surface area contributed by atoms with Gasteiger partial charge in [-0.1, -0.05) is 6.07 Å². The second-order valence-corrected chi connectivity index (χ2v) is 3.93. The van der Waals surface area contributed by atoms with Gasteiger partial charge in [0.05, 0.1) is 12.5 Å².